The van der Waals surface area contributed by atoms with Gasteiger partial charge in [-0.3, -0.25) is 4.90 Å². The number of aldehydes is 1. The fourth-order valence-electron chi connectivity index (χ4n) is 6.26. The van der Waals surface area contributed by atoms with E-state index in [0.717, 1.165) is 41.4 Å². The highest BCUT2D eigenvalue weighted by atomic mass is 16.5. The fraction of sp³-hybridized carbons (Fsp3) is 0.413. The van der Waals surface area contributed by atoms with Crippen molar-refractivity contribution in [3.05, 3.63) is 144 Å². The minimum Gasteiger partial charge on any atom is -0.368 e. The van der Waals surface area contributed by atoms with Gasteiger partial charge in [-0.25, -0.2) is 0 Å². The van der Waals surface area contributed by atoms with Crippen molar-refractivity contribution in [3.8, 4) is 11.8 Å². The summed E-state index contributed by atoms with van der Waals surface area (Å²) in [4.78, 5) is 15.5. The molecule has 0 saturated carbocycles. The van der Waals surface area contributed by atoms with Gasteiger partial charge in [0.15, 0.2) is 0 Å². The number of rotatable bonds is 24. The van der Waals surface area contributed by atoms with Crippen LogP contribution in [-0.2, 0) is 40.6 Å². The highest BCUT2D eigenvalue weighted by molar-refractivity contribution is 5.59. The van der Waals surface area contributed by atoms with Crippen LogP contribution in [0.2, 0.25) is 0 Å². The van der Waals surface area contributed by atoms with Crippen LogP contribution in [0.3, 0.4) is 0 Å². The lowest BCUT2D eigenvalue weighted by atomic mass is 10.0. The van der Waals surface area contributed by atoms with Gasteiger partial charge in [-0.05, 0) is 28.7 Å². The molecule has 0 aliphatic heterocycles. The normalized spacial score (nSPS) is 12.9. The number of carbonyl (C=O) groups is 1. The molecule has 0 fully saturated rings. The van der Waals surface area contributed by atoms with Gasteiger partial charge in [0, 0.05) is 19.5 Å². The van der Waals surface area contributed by atoms with Gasteiger partial charge in [-0.1, -0.05) is 192 Å². The molecule has 3 atom stereocenters. The van der Waals surface area contributed by atoms with Crippen molar-refractivity contribution in [2.24, 2.45) is 0 Å². The van der Waals surface area contributed by atoms with Gasteiger partial charge >= 0.3 is 0 Å². The van der Waals surface area contributed by atoms with Crippen molar-refractivity contribution in [1.82, 2.24) is 4.90 Å². The molecule has 0 aliphatic rings. The maximum atomic E-state index is 13.3. The van der Waals surface area contributed by atoms with Crippen molar-refractivity contribution in [1.29, 1.82) is 0 Å². The maximum Gasteiger partial charge on any atom is 0.146 e. The predicted molar refractivity (Wildman–Crippen MR) is 206 cm³/mol. The Kier molecular flexibility index (Phi) is 18.8. The molecule has 4 heteroatoms. The van der Waals surface area contributed by atoms with Crippen LogP contribution in [0.15, 0.2) is 121 Å². The van der Waals surface area contributed by atoms with Gasteiger partial charge in [0.25, 0.3) is 0 Å². The van der Waals surface area contributed by atoms with Crippen molar-refractivity contribution in [3.63, 3.8) is 0 Å². The average molecular weight is 672 g/mol. The van der Waals surface area contributed by atoms with E-state index >= 15 is 0 Å². The van der Waals surface area contributed by atoms with E-state index in [2.05, 4.69) is 72.2 Å². The van der Waals surface area contributed by atoms with Crippen molar-refractivity contribution >= 4 is 6.29 Å². The van der Waals surface area contributed by atoms with Gasteiger partial charge in [0.05, 0.1) is 19.3 Å². The average Bonchev–Trinajstić information content (AvgIpc) is 3.16. The quantitative estimate of drug-likeness (QED) is 0.0422. The topological polar surface area (TPSA) is 38.8 Å². The van der Waals surface area contributed by atoms with E-state index in [0.29, 0.717) is 26.3 Å². The number of hydrogen-bond acceptors (Lipinski definition) is 4. The number of unbranched alkanes of at least 4 members (excludes halogenated alkanes) is 10. The third-order valence-electron chi connectivity index (χ3n) is 9.11. The maximum absolute atomic E-state index is 13.3. The summed E-state index contributed by atoms with van der Waals surface area (Å²) in [7, 11) is 0. The molecule has 4 rings (SSSR count). The number of benzene rings is 4. The molecule has 0 bridgehead atoms. The van der Waals surface area contributed by atoms with E-state index in [1.54, 1.807) is 0 Å². The summed E-state index contributed by atoms with van der Waals surface area (Å²) in [6.07, 6.45) is 13.5. The summed E-state index contributed by atoms with van der Waals surface area (Å²) in [6.45, 7) is 4.17. The molecule has 0 aromatic heterocycles. The minimum atomic E-state index is -0.621. The molecule has 0 heterocycles. The van der Waals surface area contributed by atoms with E-state index in [-0.39, 0.29) is 0 Å². The molecule has 0 radical (unpaired) electrons. The van der Waals surface area contributed by atoms with Gasteiger partial charge in [-0.2, -0.15) is 0 Å². The molecule has 0 aliphatic carbocycles. The number of ether oxygens (including phenoxy) is 2. The third kappa shape index (κ3) is 14.9. The zero-order chi connectivity index (χ0) is 34.9. The Morgan fingerprint density at radius 2 is 0.980 bits per heavy atom. The summed E-state index contributed by atoms with van der Waals surface area (Å²) in [5.41, 5.74) is 4.36. The third-order valence-corrected chi connectivity index (χ3v) is 9.11. The van der Waals surface area contributed by atoms with Crippen molar-refractivity contribution in [2.75, 3.05) is 0 Å². The first-order valence-electron chi connectivity index (χ1n) is 18.8. The van der Waals surface area contributed by atoms with E-state index in [9.17, 15) is 4.79 Å². The van der Waals surface area contributed by atoms with Crippen LogP contribution < -0.4 is 0 Å². The van der Waals surface area contributed by atoms with Crippen molar-refractivity contribution < 1.29 is 14.3 Å². The van der Waals surface area contributed by atoms with Gasteiger partial charge in [0.2, 0.25) is 0 Å². The van der Waals surface area contributed by atoms with E-state index < -0.39 is 18.2 Å². The lowest BCUT2D eigenvalue weighted by Gasteiger charge is -2.36. The number of carbonyl (C=O) groups excluding carboxylic acids is 1. The monoisotopic (exact) mass is 671 g/mol. The Morgan fingerprint density at radius 1 is 0.560 bits per heavy atom. The highest BCUT2D eigenvalue weighted by Gasteiger charge is 2.35. The van der Waals surface area contributed by atoms with E-state index in [1.807, 2.05) is 72.8 Å². The Labute approximate surface area is 302 Å². The molecular weight excluding hydrogens is 615 g/mol. The van der Waals surface area contributed by atoms with Crippen LogP contribution in [0, 0.1) is 11.8 Å². The fourth-order valence-corrected chi connectivity index (χ4v) is 6.26. The summed E-state index contributed by atoms with van der Waals surface area (Å²) >= 11 is 0. The molecule has 4 aromatic rings. The van der Waals surface area contributed by atoms with E-state index in [1.165, 1.54) is 57.8 Å². The molecule has 0 saturated heterocycles. The summed E-state index contributed by atoms with van der Waals surface area (Å²) < 4.78 is 13.4. The standard InChI is InChI=1S/C46H57NO3/c1-2-3-4-5-6-7-8-9-10-11-12-25-34-45(49-38-42-30-21-15-22-31-42)46(50-39-43-32-23-16-24-33-43)44(37-48)47(35-40-26-17-13-18-27-40)36-41-28-19-14-20-29-41/h13-24,26-33,37,44-46H,2-12,35-36,38-39H2,1H3/t44-,45-,46-/m0/s1. The summed E-state index contributed by atoms with van der Waals surface area (Å²) in [6, 6.07) is 40.3. The first kappa shape index (κ1) is 38.8. The molecule has 0 amide bonds. The molecule has 0 spiro atoms. The SMILES string of the molecule is CCCCCCCCCCCCC#C[C@H](OCc1ccccc1)[C@@H](OCc1ccccc1)[C@H](C=O)N(Cc1ccccc1)Cc1ccccc1. The number of hydrogen-bond donors (Lipinski definition) is 0. The Balaban J connectivity index is 1.55. The summed E-state index contributed by atoms with van der Waals surface area (Å²) in [5, 5.41) is 0. The largest absolute Gasteiger partial charge is 0.368 e. The van der Waals surface area contributed by atoms with Gasteiger partial charge in [-0.15, -0.1) is 5.92 Å². The minimum absolute atomic E-state index is 0.353. The Hall–Kier alpha value is -4.01. The second kappa shape index (κ2) is 24.2. The van der Waals surface area contributed by atoms with Crippen LogP contribution in [0.25, 0.3) is 0 Å². The van der Waals surface area contributed by atoms with E-state index in [4.69, 9.17) is 9.47 Å². The van der Waals surface area contributed by atoms with Crippen LogP contribution in [0.4, 0.5) is 0 Å². The van der Waals surface area contributed by atoms with Crippen LogP contribution >= 0.6 is 0 Å². The molecule has 0 N–H and O–H groups in total. The highest BCUT2D eigenvalue weighted by Crippen LogP contribution is 2.22. The first-order chi connectivity index (χ1) is 24.8. The van der Waals surface area contributed by atoms with Gasteiger partial charge in [0.1, 0.15) is 18.5 Å². The Morgan fingerprint density at radius 3 is 1.44 bits per heavy atom. The Bertz CT molecular complexity index is 1440. The van der Waals surface area contributed by atoms with Crippen LogP contribution in [-0.4, -0.2) is 29.4 Å². The molecule has 4 nitrogen and oxygen atoms in total. The van der Waals surface area contributed by atoms with Gasteiger partial charge < -0.3 is 14.3 Å². The zero-order valence-electron chi connectivity index (χ0n) is 30.1. The summed E-state index contributed by atoms with van der Waals surface area (Å²) in [5.74, 6) is 6.93. The lowest BCUT2D eigenvalue weighted by molar-refractivity contribution is -0.131. The molecule has 4 aromatic carbocycles. The van der Waals surface area contributed by atoms with Crippen molar-refractivity contribution in [2.45, 2.75) is 122 Å². The smallest absolute Gasteiger partial charge is 0.146 e. The van der Waals surface area contributed by atoms with Crippen LogP contribution in [0.5, 0.6) is 0 Å². The molecular formula is C46H57NO3. The number of nitrogens with zero attached hydrogens (tertiary/aromatic N) is 1. The molecule has 50 heavy (non-hydrogen) atoms. The van der Waals surface area contributed by atoms with Crippen LogP contribution in [0.1, 0.15) is 99.8 Å². The zero-order valence-corrected chi connectivity index (χ0v) is 30.1. The predicted octanol–water partition coefficient (Wildman–Crippen LogP) is 10.7. The lowest BCUT2D eigenvalue weighted by Crippen LogP contribution is -2.51. The molecule has 0 unspecified atom stereocenters. The first-order valence-corrected chi connectivity index (χ1v) is 18.8. The second-order valence-electron chi connectivity index (χ2n) is 13.2. The molecule has 264 valence electrons. The second-order valence-corrected chi connectivity index (χ2v) is 13.2.